The van der Waals surface area contributed by atoms with Crippen molar-refractivity contribution in [3.63, 3.8) is 0 Å². The normalized spacial score (nSPS) is 15.1. The Morgan fingerprint density at radius 3 is 2.48 bits per heavy atom. The van der Waals surface area contributed by atoms with Crippen molar-refractivity contribution < 1.29 is 18.7 Å². The van der Waals surface area contributed by atoms with E-state index in [0.29, 0.717) is 41.2 Å². The summed E-state index contributed by atoms with van der Waals surface area (Å²) in [6.07, 6.45) is -0.611. The highest BCUT2D eigenvalue weighted by Crippen LogP contribution is 2.30. The molecule has 1 N–H and O–H groups in total. The summed E-state index contributed by atoms with van der Waals surface area (Å²) < 4.78 is 27.2. The third-order valence-electron chi connectivity index (χ3n) is 5.21. The standard InChI is InChI=1S/C19H23F2N3O4S/c1-3-23-16(26)14-11(2)15(17(27)22-9-6-12(25)7-10-22)29-18(14)24(19(23)28)8-4-5-13(20)21/h5,12,25H,3-4,6-10H2,1-2H3. The van der Waals surface area contributed by atoms with Gasteiger partial charge in [0.1, 0.15) is 4.83 Å². The largest absolute Gasteiger partial charge is 0.393 e. The first kappa shape index (κ1) is 21.4. The van der Waals surface area contributed by atoms with Gasteiger partial charge in [-0.1, -0.05) is 0 Å². The van der Waals surface area contributed by atoms with Gasteiger partial charge in [0.15, 0.2) is 0 Å². The van der Waals surface area contributed by atoms with E-state index < -0.39 is 23.4 Å². The van der Waals surface area contributed by atoms with E-state index in [1.54, 1.807) is 18.7 Å². The lowest BCUT2D eigenvalue weighted by Crippen LogP contribution is -2.40. The number of aryl methyl sites for hydroxylation is 2. The number of hydrogen-bond donors (Lipinski definition) is 1. The van der Waals surface area contributed by atoms with Crippen LogP contribution in [-0.4, -0.2) is 44.2 Å². The van der Waals surface area contributed by atoms with E-state index in [2.05, 4.69) is 0 Å². The van der Waals surface area contributed by atoms with Crippen molar-refractivity contribution >= 4 is 27.5 Å². The number of aliphatic hydroxyl groups is 1. The van der Waals surface area contributed by atoms with E-state index in [9.17, 15) is 28.3 Å². The average molecular weight is 427 g/mol. The fraction of sp³-hybridized carbons (Fsp3) is 0.526. The predicted octanol–water partition coefficient (Wildman–Crippen LogP) is 2.32. The molecule has 1 amide bonds. The van der Waals surface area contributed by atoms with Crippen LogP contribution in [0.3, 0.4) is 0 Å². The van der Waals surface area contributed by atoms with Crippen LogP contribution in [0.2, 0.25) is 0 Å². The summed E-state index contributed by atoms with van der Waals surface area (Å²) in [6, 6.07) is 0. The number of aromatic nitrogens is 2. The highest BCUT2D eigenvalue weighted by atomic mass is 32.1. The summed E-state index contributed by atoms with van der Waals surface area (Å²) in [5.74, 6) is -0.244. The second-order valence-electron chi connectivity index (χ2n) is 7.03. The number of allylic oxidation sites excluding steroid dienone is 1. The average Bonchev–Trinajstić information content (AvgIpc) is 3.02. The number of fused-ring (bicyclic) bond motifs is 1. The zero-order chi connectivity index (χ0) is 21.3. The number of rotatable bonds is 5. The smallest absolute Gasteiger partial charge is 0.332 e. The molecule has 2 aromatic heterocycles. The van der Waals surface area contributed by atoms with Gasteiger partial charge in [0.2, 0.25) is 0 Å². The van der Waals surface area contributed by atoms with Crippen LogP contribution >= 0.6 is 11.3 Å². The van der Waals surface area contributed by atoms with Gasteiger partial charge in [0.25, 0.3) is 17.5 Å². The molecule has 2 aromatic rings. The van der Waals surface area contributed by atoms with Crippen LogP contribution in [0.5, 0.6) is 0 Å². The molecule has 0 aliphatic carbocycles. The molecule has 0 unspecified atom stereocenters. The third-order valence-corrected chi connectivity index (χ3v) is 6.51. The van der Waals surface area contributed by atoms with Crippen LogP contribution in [0, 0.1) is 6.92 Å². The van der Waals surface area contributed by atoms with E-state index in [1.165, 1.54) is 4.57 Å². The summed E-state index contributed by atoms with van der Waals surface area (Å²) in [7, 11) is 0. The Kier molecular flexibility index (Phi) is 6.33. The van der Waals surface area contributed by atoms with Crippen molar-refractivity contribution in [2.75, 3.05) is 13.1 Å². The van der Waals surface area contributed by atoms with E-state index >= 15 is 0 Å². The summed E-state index contributed by atoms with van der Waals surface area (Å²) in [4.78, 5) is 40.9. The maximum Gasteiger partial charge on any atom is 0.332 e. The number of carbonyl (C=O) groups excluding carboxylic acids is 1. The van der Waals surface area contributed by atoms with Gasteiger partial charge in [-0.3, -0.25) is 18.7 Å². The van der Waals surface area contributed by atoms with Gasteiger partial charge in [-0.2, -0.15) is 8.78 Å². The first-order chi connectivity index (χ1) is 13.8. The van der Waals surface area contributed by atoms with E-state index in [4.69, 9.17) is 0 Å². The maximum atomic E-state index is 13.0. The molecule has 0 radical (unpaired) electrons. The van der Waals surface area contributed by atoms with Gasteiger partial charge in [0, 0.05) is 26.2 Å². The van der Waals surface area contributed by atoms with Crippen molar-refractivity contribution in [2.45, 2.75) is 52.3 Å². The molecule has 0 bridgehead atoms. The van der Waals surface area contributed by atoms with Crippen molar-refractivity contribution in [2.24, 2.45) is 0 Å². The minimum Gasteiger partial charge on any atom is -0.393 e. The summed E-state index contributed by atoms with van der Waals surface area (Å²) in [6.45, 7) is 4.29. The number of amides is 1. The van der Waals surface area contributed by atoms with Crippen molar-refractivity contribution in [3.8, 4) is 0 Å². The molecule has 7 nitrogen and oxygen atoms in total. The number of aliphatic hydroxyl groups excluding tert-OH is 1. The maximum absolute atomic E-state index is 13.0. The first-order valence-corrected chi connectivity index (χ1v) is 10.3. The third kappa shape index (κ3) is 4.04. The van der Waals surface area contributed by atoms with E-state index in [1.807, 2.05) is 0 Å². The molecule has 0 atom stereocenters. The summed E-state index contributed by atoms with van der Waals surface area (Å²) in [5, 5.41) is 9.93. The second-order valence-corrected chi connectivity index (χ2v) is 8.02. The number of halogens is 2. The minimum atomic E-state index is -1.83. The van der Waals surface area contributed by atoms with Gasteiger partial charge in [-0.15, -0.1) is 11.3 Å². The van der Waals surface area contributed by atoms with Crippen LogP contribution in [-0.2, 0) is 13.1 Å². The lowest BCUT2D eigenvalue weighted by Gasteiger charge is -2.29. The SMILES string of the molecule is CCn1c(=O)c2c(C)c(C(=O)N3CCC(O)CC3)sc2n(CCC=C(F)F)c1=O. The highest BCUT2D eigenvalue weighted by molar-refractivity contribution is 7.20. The number of hydrogen-bond acceptors (Lipinski definition) is 5. The Morgan fingerprint density at radius 2 is 1.90 bits per heavy atom. The van der Waals surface area contributed by atoms with Gasteiger partial charge >= 0.3 is 5.69 Å². The molecule has 158 valence electrons. The van der Waals surface area contributed by atoms with Crippen LogP contribution in [0.15, 0.2) is 21.7 Å². The quantitative estimate of drug-likeness (QED) is 0.794. The predicted molar refractivity (Wildman–Crippen MR) is 107 cm³/mol. The first-order valence-electron chi connectivity index (χ1n) is 9.51. The Hall–Kier alpha value is -2.33. The van der Waals surface area contributed by atoms with Crippen LogP contribution in [0.25, 0.3) is 10.2 Å². The molecular weight excluding hydrogens is 404 g/mol. The molecule has 1 saturated heterocycles. The highest BCUT2D eigenvalue weighted by Gasteiger charge is 2.28. The molecule has 0 spiro atoms. The number of carbonyl (C=O) groups is 1. The Labute approximate surface area is 169 Å². The molecular formula is C19H23F2N3O4S. The Bertz CT molecular complexity index is 1070. The lowest BCUT2D eigenvalue weighted by atomic mass is 10.1. The summed E-state index contributed by atoms with van der Waals surface area (Å²) >= 11 is 1.05. The fourth-order valence-electron chi connectivity index (χ4n) is 3.59. The molecule has 1 aliphatic rings. The number of likely N-dealkylation sites (tertiary alicyclic amines) is 1. The molecule has 1 fully saturated rings. The van der Waals surface area contributed by atoms with Crippen LogP contribution in [0.4, 0.5) is 8.78 Å². The number of thiophene rings is 1. The topological polar surface area (TPSA) is 84.5 Å². The van der Waals surface area contributed by atoms with Gasteiger partial charge in [-0.25, -0.2) is 4.79 Å². The molecule has 0 saturated carbocycles. The van der Waals surface area contributed by atoms with E-state index in [0.717, 1.165) is 22.0 Å². The fourth-order valence-corrected chi connectivity index (χ4v) is 4.88. The van der Waals surface area contributed by atoms with Gasteiger partial charge in [0.05, 0.1) is 16.4 Å². The van der Waals surface area contributed by atoms with Crippen LogP contribution < -0.4 is 11.2 Å². The molecule has 10 heteroatoms. The molecule has 29 heavy (non-hydrogen) atoms. The lowest BCUT2D eigenvalue weighted by molar-refractivity contribution is 0.0550. The Morgan fingerprint density at radius 1 is 1.24 bits per heavy atom. The zero-order valence-corrected chi connectivity index (χ0v) is 17.1. The van der Waals surface area contributed by atoms with Crippen molar-refractivity contribution in [3.05, 3.63) is 43.4 Å². The van der Waals surface area contributed by atoms with Crippen molar-refractivity contribution in [1.82, 2.24) is 14.0 Å². The Balaban J connectivity index is 2.12. The molecule has 0 aromatic carbocycles. The number of piperidine rings is 1. The zero-order valence-electron chi connectivity index (χ0n) is 16.3. The molecule has 1 aliphatic heterocycles. The molecule has 3 rings (SSSR count). The molecule has 3 heterocycles. The minimum absolute atomic E-state index is 0.0174. The second kappa shape index (κ2) is 8.58. The summed E-state index contributed by atoms with van der Waals surface area (Å²) in [5.41, 5.74) is -0.550. The number of nitrogens with zero attached hydrogens (tertiary/aromatic N) is 3. The van der Waals surface area contributed by atoms with Crippen molar-refractivity contribution in [1.29, 1.82) is 0 Å². The van der Waals surface area contributed by atoms with Gasteiger partial charge < -0.3 is 10.0 Å². The van der Waals surface area contributed by atoms with Crippen LogP contribution in [0.1, 0.15) is 41.4 Å². The van der Waals surface area contributed by atoms with Gasteiger partial charge in [-0.05, 0) is 44.7 Å². The van der Waals surface area contributed by atoms with E-state index in [-0.39, 0.29) is 30.8 Å². The monoisotopic (exact) mass is 427 g/mol.